The highest BCUT2D eigenvalue weighted by atomic mass is 16.4. The van der Waals surface area contributed by atoms with Crippen molar-refractivity contribution in [3.05, 3.63) is 0 Å². The molecule has 14 nitrogen and oxygen atoms in total. The van der Waals surface area contributed by atoms with E-state index in [1.807, 2.05) is 0 Å². The van der Waals surface area contributed by atoms with Gasteiger partial charge in [-0.05, 0) is 0 Å². The molecule has 0 aliphatic rings. The van der Waals surface area contributed by atoms with Gasteiger partial charge in [0.1, 0.15) is 0 Å². The van der Waals surface area contributed by atoms with Crippen molar-refractivity contribution < 1.29 is 39.3 Å². The summed E-state index contributed by atoms with van der Waals surface area (Å²) in [6.45, 7) is -0.719. The third kappa shape index (κ3) is 13.4. The molecule has 0 heterocycles. The number of hydrogen-bond acceptors (Lipinski definition) is 9. The van der Waals surface area contributed by atoms with Crippen LogP contribution in [0.1, 0.15) is 0 Å². The van der Waals surface area contributed by atoms with Gasteiger partial charge in [-0.15, -0.1) is 0 Å². The van der Waals surface area contributed by atoms with Crippen molar-refractivity contribution >= 4 is 29.7 Å². The van der Waals surface area contributed by atoms with E-state index < -0.39 is 24.1 Å². The normalized spacial score (nSPS) is 11.0. The Morgan fingerprint density at radius 3 is 1.33 bits per heavy atom. The lowest BCUT2D eigenvalue weighted by atomic mass is 10.3. The average molecular weight is 434 g/mol. The zero-order valence-corrected chi connectivity index (χ0v) is 17.0. The van der Waals surface area contributed by atoms with Crippen LogP contribution in [0.15, 0.2) is 0 Å². The maximum Gasteiger partial charge on any atom is 0.335 e. The van der Waals surface area contributed by atoms with Crippen molar-refractivity contribution in [2.24, 2.45) is 0 Å². The van der Waals surface area contributed by atoms with Gasteiger partial charge in [0, 0.05) is 40.3 Å². The molecule has 0 bridgehead atoms. The maximum atomic E-state index is 11.4. The summed E-state index contributed by atoms with van der Waals surface area (Å²) < 4.78 is 0. The second-order valence-electron chi connectivity index (χ2n) is 6.23. The first-order valence-electron chi connectivity index (χ1n) is 9.08. The van der Waals surface area contributed by atoms with Crippen LogP contribution in [0.3, 0.4) is 0 Å². The highest BCUT2D eigenvalue weighted by Crippen LogP contribution is 1.91. The summed E-state index contributed by atoms with van der Waals surface area (Å²) in [7, 11) is 2.84. The summed E-state index contributed by atoms with van der Waals surface area (Å²) in [5, 5.41) is 37.2. The molecule has 0 aromatic rings. The molecule has 0 aliphatic heterocycles. The van der Waals surface area contributed by atoms with E-state index in [1.165, 1.54) is 23.9 Å². The van der Waals surface area contributed by atoms with Crippen LogP contribution in [-0.4, -0.2) is 127 Å². The molecule has 0 unspecified atom stereocenters. The molecular formula is C16H30N6O8. The third-order valence-corrected chi connectivity index (χ3v) is 3.81. The molecule has 30 heavy (non-hydrogen) atoms. The van der Waals surface area contributed by atoms with E-state index >= 15 is 0 Å². The second kappa shape index (κ2) is 15.1. The first-order valence-corrected chi connectivity index (χ1v) is 9.08. The molecule has 0 aromatic heterocycles. The lowest BCUT2D eigenvalue weighted by Crippen LogP contribution is -2.53. The van der Waals surface area contributed by atoms with Crippen molar-refractivity contribution in [3.8, 4) is 0 Å². The van der Waals surface area contributed by atoms with Gasteiger partial charge in [0.05, 0.1) is 26.2 Å². The van der Waals surface area contributed by atoms with Crippen molar-refractivity contribution in [1.82, 2.24) is 31.1 Å². The van der Waals surface area contributed by atoms with Gasteiger partial charge >= 0.3 is 17.9 Å². The molecular weight excluding hydrogens is 404 g/mol. The van der Waals surface area contributed by atoms with Crippen LogP contribution in [0.5, 0.6) is 0 Å². The zero-order valence-electron chi connectivity index (χ0n) is 17.0. The largest absolute Gasteiger partial charge is 0.480 e. The first kappa shape index (κ1) is 27.2. The van der Waals surface area contributed by atoms with Crippen LogP contribution in [0.4, 0.5) is 0 Å². The van der Waals surface area contributed by atoms with Crippen LogP contribution in [0.25, 0.3) is 0 Å². The topological polar surface area (TPSA) is 201 Å². The van der Waals surface area contributed by atoms with E-state index in [-0.39, 0.29) is 64.2 Å². The monoisotopic (exact) mass is 434 g/mol. The Balaban J connectivity index is 4.61. The van der Waals surface area contributed by atoms with Crippen molar-refractivity contribution in [2.45, 2.75) is 6.17 Å². The number of hydrogen-bond donors (Lipinski definition) is 7. The number of nitrogens with one attached hydrogen (secondary N) is 4. The number of carboxylic acid groups (broad SMARTS) is 3. The summed E-state index contributed by atoms with van der Waals surface area (Å²) >= 11 is 0. The smallest absolute Gasteiger partial charge is 0.335 e. The lowest BCUT2D eigenvalue weighted by molar-refractivity contribution is -0.141. The molecule has 2 amide bonds. The van der Waals surface area contributed by atoms with Crippen LogP contribution in [0, 0.1) is 0 Å². The molecule has 0 saturated heterocycles. The van der Waals surface area contributed by atoms with Crippen LogP contribution >= 0.6 is 0 Å². The summed E-state index contributed by atoms with van der Waals surface area (Å²) in [6, 6.07) is 0. The second-order valence-corrected chi connectivity index (χ2v) is 6.23. The minimum absolute atomic E-state index is 0.0747. The zero-order chi connectivity index (χ0) is 23.1. The fourth-order valence-corrected chi connectivity index (χ4v) is 2.36. The molecule has 0 fully saturated rings. The number of aliphatic carboxylic acids is 3. The highest BCUT2D eigenvalue weighted by molar-refractivity contribution is 5.79. The van der Waals surface area contributed by atoms with Gasteiger partial charge in [-0.3, -0.25) is 39.6 Å². The summed E-state index contributed by atoms with van der Waals surface area (Å²) in [6.07, 6.45) is -1.19. The van der Waals surface area contributed by atoms with Crippen LogP contribution in [-0.2, 0) is 24.0 Å². The van der Waals surface area contributed by atoms with E-state index in [0.29, 0.717) is 0 Å². The Kier molecular flexibility index (Phi) is 13.7. The fourth-order valence-electron chi connectivity index (χ4n) is 2.36. The third-order valence-electron chi connectivity index (χ3n) is 3.81. The Morgan fingerprint density at radius 1 is 0.700 bits per heavy atom. The molecule has 0 radical (unpaired) electrons. The number of nitrogens with zero attached hydrogens (tertiary/aromatic N) is 2. The molecule has 0 aliphatic carbocycles. The molecule has 0 spiro atoms. The van der Waals surface area contributed by atoms with E-state index in [2.05, 4.69) is 21.3 Å². The Hall–Kier alpha value is -2.81. The van der Waals surface area contributed by atoms with E-state index in [4.69, 9.17) is 10.2 Å². The SMILES string of the molecule is CNC(=O)CN(CCNC(NCCN(CC(=O)O)CC(=O)NC)C(=O)O)CC(=O)O. The van der Waals surface area contributed by atoms with E-state index in [9.17, 15) is 29.1 Å². The highest BCUT2D eigenvalue weighted by Gasteiger charge is 2.19. The van der Waals surface area contributed by atoms with Gasteiger partial charge in [-0.2, -0.15) is 0 Å². The van der Waals surface area contributed by atoms with Gasteiger partial charge in [0.25, 0.3) is 0 Å². The minimum atomic E-state index is -1.22. The van der Waals surface area contributed by atoms with Crippen molar-refractivity contribution in [2.75, 3.05) is 66.5 Å². The van der Waals surface area contributed by atoms with Crippen LogP contribution < -0.4 is 21.3 Å². The number of likely N-dealkylation sites (N-methyl/N-ethyl adjacent to an activating group) is 2. The quantitative estimate of drug-likeness (QED) is 0.109. The number of carbonyl (C=O) groups excluding carboxylic acids is 2. The first-order chi connectivity index (χ1) is 14.1. The molecule has 0 atom stereocenters. The van der Waals surface area contributed by atoms with Gasteiger partial charge < -0.3 is 26.0 Å². The fraction of sp³-hybridized carbons (Fsp3) is 0.688. The van der Waals surface area contributed by atoms with Crippen molar-refractivity contribution in [1.29, 1.82) is 0 Å². The maximum absolute atomic E-state index is 11.4. The molecule has 14 heteroatoms. The molecule has 172 valence electrons. The predicted molar refractivity (Wildman–Crippen MR) is 104 cm³/mol. The Morgan fingerprint density at radius 2 is 1.07 bits per heavy atom. The number of carbonyl (C=O) groups is 5. The van der Waals surface area contributed by atoms with Gasteiger partial charge in [-0.25, -0.2) is 4.79 Å². The van der Waals surface area contributed by atoms with Gasteiger partial charge in [0.15, 0.2) is 6.17 Å². The standard InChI is InChI=1S/C16H30N6O8/c1-17-11(23)7-21(9-13(25)26)5-3-19-15(16(29)30)20-4-6-22(10-14(27)28)8-12(24)18-2/h15,19-20H,3-10H2,1-2H3,(H,17,23)(H,18,24)(H,25,26)(H,27,28)(H,29,30). The molecule has 0 rings (SSSR count). The summed E-state index contributed by atoms with van der Waals surface area (Å²) in [5.74, 6) is -4.22. The molecule has 0 saturated carbocycles. The van der Waals surface area contributed by atoms with E-state index in [1.54, 1.807) is 0 Å². The summed E-state index contributed by atoms with van der Waals surface area (Å²) in [4.78, 5) is 58.7. The minimum Gasteiger partial charge on any atom is -0.480 e. The number of rotatable bonds is 17. The molecule has 7 N–H and O–H groups in total. The van der Waals surface area contributed by atoms with E-state index in [0.717, 1.165) is 0 Å². The summed E-state index contributed by atoms with van der Waals surface area (Å²) in [5.41, 5.74) is 0. The van der Waals surface area contributed by atoms with Crippen LogP contribution in [0.2, 0.25) is 0 Å². The Labute approximate surface area is 173 Å². The van der Waals surface area contributed by atoms with Gasteiger partial charge in [0.2, 0.25) is 11.8 Å². The van der Waals surface area contributed by atoms with Gasteiger partial charge in [-0.1, -0.05) is 0 Å². The average Bonchev–Trinajstić information content (AvgIpc) is 2.64. The number of carboxylic acids is 3. The number of amides is 2. The predicted octanol–water partition coefficient (Wildman–Crippen LogP) is -4.16. The Bertz CT molecular complexity index is 558. The van der Waals surface area contributed by atoms with Crippen molar-refractivity contribution in [3.63, 3.8) is 0 Å². The lowest BCUT2D eigenvalue weighted by Gasteiger charge is -2.23. The molecule has 0 aromatic carbocycles.